The van der Waals surface area contributed by atoms with E-state index < -0.39 is 0 Å². The Morgan fingerprint density at radius 3 is 2.75 bits per heavy atom. The summed E-state index contributed by atoms with van der Waals surface area (Å²) in [5.41, 5.74) is 1.40. The van der Waals surface area contributed by atoms with Gasteiger partial charge in [0.2, 0.25) is 0 Å². The van der Waals surface area contributed by atoms with Gasteiger partial charge in [-0.15, -0.1) is 0 Å². The van der Waals surface area contributed by atoms with Crippen LogP contribution in [0.5, 0.6) is 5.75 Å². The van der Waals surface area contributed by atoms with Crippen molar-refractivity contribution in [2.24, 2.45) is 0 Å². The van der Waals surface area contributed by atoms with E-state index in [0.717, 1.165) is 5.56 Å². The molecule has 1 N–H and O–H groups in total. The molecule has 100 valence electrons. The molecule has 0 saturated heterocycles. The normalized spacial score (nSPS) is 10.7. The SMILES string of the molecule is Oc1cccc(Cn2ccnc2-c2ccccc2F)c1. The van der Waals surface area contributed by atoms with Crippen molar-refractivity contribution >= 4 is 0 Å². The van der Waals surface area contributed by atoms with E-state index in [2.05, 4.69) is 4.98 Å². The predicted molar refractivity (Wildman–Crippen MR) is 74.8 cm³/mol. The molecule has 4 heteroatoms. The molecule has 3 rings (SSSR count). The molecule has 0 radical (unpaired) electrons. The number of phenolic OH excluding ortho intramolecular Hbond substituents is 1. The highest BCUT2D eigenvalue weighted by Crippen LogP contribution is 2.22. The van der Waals surface area contributed by atoms with Gasteiger partial charge in [-0.05, 0) is 29.8 Å². The molecule has 0 bridgehead atoms. The number of halogens is 1. The van der Waals surface area contributed by atoms with Crippen LogP contribution < -0.4 is 0 Å². The minimum Gasteiger partial charge on any atom is -0.508 e. The fourth-order valence-corrected chi connectivity index (χ4v) is 2.18. The Balaban J connectivity index is 1.97. The highest BCUT2D eigenvalue weighted by atomic mass is 19.1. The Bertz CT molecular complexity index is 737. The Morgan fingerprint density at radius 2 is 1.95 bits per heavy atom. The standard InChI is InChI=1S/C16H13FN2O/c17-15-7-2-1-6-14(15)16-18-8-9-19(16)11-12-4-3-5-13(20)10-12/h1-10,20H,11H2. The number of hydrogen-bond acceptors (Lipinski definition) is 2. The van der Waals surface area contributed by atoms with Crippen LogP contribution in [0, 0.1) is 5.82 Å². The van der Waals surface area contributed by atoms with E-state index in [0.29, 0.717) is 17.9 Å². The Labute approximate surface area is 116 Å². The predicted octanol–water partition coefficient (Wildman–Crippen LogP) is 3.44. The van der Waals surface area contributed by atoms with Crippen LogP contribution in [0.25, 0.3) is 11.4 Å². The molecule has 0 aliphatic heterocycles. The summed E-state index contributed by atoms with van der Waals surface area (Å²) in [5.74, 6) is 0.498. The quantitative estimate of drug-likeness (QED) is 0.790. The summed E-state index contributed by atoms with van der Waals surface area (Å²) < 4.78 is 15.7. The smallest absolute Gasteiger partial charge is 0.143 e. The molecule has 3 aromatic rings. The number of imidazole rings is 1. The molecule has 0 aliphatic rings. The van der Waals surface area contributed by atoms with Gasteiger partial charge in [0.15, 0.2) is 0 Å². The number of benzene rings is 2. The van der Waals surface area contributed by atoms with Gasteiger partial charge >= 0.3 is 0 Å². The summed E-state index contributed by atoms with van der Waals surface area (Å²) in [6.45, 7) is 0.526. The van der Waals surface area contributed by atoms with E-state index in [-0.39, 0.29) is 11.6 Å². The first kappa shape index (κ1) is 12.4. The topological polar surface area (TPSA) is 38.0 Å². The highest BCUT2D eigenvalue weighted by molar-refractivity contribution is 5.56. The third-order valence-electron chi connectivity index (χ3n) is 3.09. The summed E-state index contributed by atoms with van der Waals surface area (Å²) in [4.78, 5) is 4.23. The summed E-state index contributed by atoms with van der Waals surface area (Å²) in [6.07, 6.45) is 3.44. The molecule has 3 nitrogen and oxygen atoms in total. The van der Waals surface area contributed by atoms with Crippen LogP contribution >= 0.6 is 0 Å². The average Bonchev–Trinajstić information content (AvgIpc) is 2.87. The van der Waals surface area contributed by atoms with Crippen LogP contribution in [-0.4, -0.2) is 14.7 Å². The van der Waals surface area contributed by atoms with Crippen molar-refractivity contribution in [1.29, 1.82) is 0 Å². The van der Waals surface area contributed by atoms with Crippen molar-refractivity contribution in [2.45, 2.75) is 6.54 Å². The first-order valence-electron chi connectivity index (χ1n) is 6.28. The average molecular weight is 268 g/mol. The van der Waals surface area contributed by atoms with Gasteiger partial charge in [0.05, 0.1) is 5.56 Å². The molecule has 1 aromatic heterocycles. The second kappa shape index (κ2) is 5.17. The zero-order chi connectivity index (χ0) is 13.9. The van der Waals surface area contributed by atoms with Gasteiger partial charge in [-0.2, -0.15) is 0 Å². The second-order valence-corrected chi connectivity index (χ2v) is 4.53. The van der Waals surface area contributed by atoms with Gasteiger partial charge in [0, 0.05) is 18.9 Å². The zero-order valence-corrected chi connectivity index (χ0v) is 10.7. The molecular formula is C16H13FN2O. The lowest BCUT2D eigenvalue weighted by Crippen LogP contribution is -2.02. The minimum atomic E-state index is -0.296. The van der Waals surface area contributed by atoms with E-state index in [9.17, 15) is 9.50 Å². The van der Waals surface area contributed by atoms with Crippen molar-refractivity contribution in [1.82, 2.24) is 9.55 Å². The minimum absolute atomic E-state index is 0.218. The largest absolute Gasteiger partial charge is 0.508 e. The molecule has 0 spiro atoms. The Hall–Kier alpha value is -2.62. The van der Waals surface area contributed by atoms with Crippen LogP contribution in [0.1, 0.15) is 5.56 Å². The van der Waals surface area contributed by atoms with E-state index >= 15 is 0 Å². The van der Waals surface area contributed by atoms with E-state index in [1.807, 2.05) is 10.6 Å². The van der Waals surface area contributed by atoms with Gasteiger partial charge in [-0.25, -0.2) is 9.37 Å². The summed E-state index contributed by atoms with van der Waals surface area (Å²) in [5, 5.41) is 9.49. The first-order chi connectivity index (χ1) is 9.74. The molecule has 20 heavy (non-hydrogen) atoms. The van der Waals surface area contributed by atoms with Gasteiger partial charge in [0.25, 0.3) is 0 Å². The first-order valence-corrected chi connectivity index (χ1v) is 6.28. The number of aromatic nitrogens is 2. The summed E-state index contributed by atoms with van der Waals surface area (Å²) in [7, 11) is 0. The van der Waals surface area contributed by atoms with Gasteiger partial charge in [-0.3, -0.25) is 0 Å². The van der Waals surface area contributed by atoms with Crippen molar-refractivity contribution in [3.05, 3.63) is 72.3 Å². The van der Waals surface area contributed by atoms with Crippen LogP contribution in [-0.2, 0) is 6.54 Å². The molecule has 0 saturated carbocycles. The van der Waals surface area contributed by atoms with E-state index in [1.165, 1.54) is 6.07 Å². The number of aromatic hydroxyl groups is 1. The Morgan fingerprint density at radius 1 is 1.10 bits per heavy atom. The monoisotopic (exact) mass is 268 g/mol. The zero-order valence-electron chi connectivity index (χ0n) is 10.7. The number of hydrogen-bond donors (Lipinski definition) is 1. The molecule has 0 aliphatic carbocycles. The molecule has 0 fully saturated rings. The lowest BCUT2D eigenvalue weighted by molar-refractivity contribution is 0.474. The van der Waals surface area contributed by atoms with Crippen molar-refractivity contribution in [3.8, 4) is 17.1 Å². The molecular weight excluding hydrogens is 255 g/mol. The maximum Gasteiger partial charge on any atom is 0.143 e. The fourth-order valence-electron chi connectivity index (χ4n) is 2.18. The fraction of sp³-hybridized carbons (Fsp3) is 0.0625. The number of rotatable bonds is 3. The molecule has 0 atom stereocenters. The highest BCUT2D eigenvalue weighted by Gasteiger charge is 2.10. The van der Waals surface area contributed by atoms with E-state index in [4.69, 9.17) is 0 Å². The summed E-state index contributed by atoms with van der Waals surface area (Å²) >= 11 is 0. The van der Waals surface area contributed by atoms with Gasteiger partial charge in [0.1, 0.15) is 17.4 Å². The van der Waals surface area contributed by atoms with Crippen LogP contribution in [0.4, 0.5) is 4.39 Å². The lowest BCUT2D eigenvalue weighted by Gasteiger charge is -2.09. The van der Waals surface area contributed by atoms with Gasteiger partial charge in [-0.1, -0.05) is 24.3 Å². The molecule has 0 unspecified atom stereocenters. The third kappa shape index (κ3) is 2.40. The molecule has 0 amide bonds. The number of nitrogens with zero attached hydrogens (tertiary/aromatic N) is 2. The van der Waals surface area contributed by atoms with Gasteiger partial charge < -0.3 is 9.67 Å². The second-order valence-electron chi connectivity index (χ2n) is 4.53. The summed E-state index contributed by atoms with van der Waals surface area (Å²) in [6, 6.07) is 13.6. The van der Waals surface area contributed by atoms with Crippen LogP contribution in [0.15, 0.2) is 60.9 Å². The maximum atomic E-state index is 13.8. The van der Waals surface area contributed by atoms with Crippen molar-refractivity contribution in [3.63, 3.8) is 0 Å². The lowest BCUT2D eigenvalue weighted by atomic mass is 10.2. The Kier molecular flexibility index (Phi) is 3.21. The number of phenols is 1. The molecule has 1 heterocycles. The molecule has 2 aromatic carbocycles. The maximum absolute atomic E-state index is 13.8. The van der Waals surface area contributed by atoms with E-state index in [1.54, 1.807) is 48.8 Å². The van der Waals surface area contributed by atoms with Crippen LogP contribution in [0.3, 0.4) is 0 Å². The van der Waals surface area contributed by atoms with Crippen LogP contribution in [0.2, 0.25) is 0 Å². The van der Waals surface area contributed by atoms with Crippen molar-refractivity contribution < 1.29 is 9.50 Å². The van der Waals surface area contributed by atoms with Crippen molar-refractivity contribution in [2.75, 3.05) is 0 Å². The third-order valence-corrected chi connectivity index (χ3v) is 3.09.